The molecule has 3 rings (SSSR count). The maximum atomic E-state index is 12.2. The second-order valence-corrected chi connectivity index (χ2v) is 7.27. The quantitative estimate of drug-likeness (QED) is 0.698. The van der Waals surface area contributed by atoms with Gasteiger partial charge in [-0.2, -0.15) is 0 Å². The zero-order chi connectivity index (χ0) is 19.1. The van der Waals surface area contributed by atoms with Gasteiger partial charge in [-0.1, -0.05) is 29.0 Å². The van der Waals surface area contributed by atoms with Crippen LogP contribution in [0.5, 0.6) is 0 Å². The lowest BCUT2D eigenvalue weighted by Crippen LogP contribution is -2.38. The lowest BCUT2D eigenvalue weighted by molar-refractivity contribution is 0.0374. The molecule has 1 fully saturated rings. The summed E-state index contributed by atoms with van der Waals surface area (Å²) in [7, 11) is 0. The van der Waals surface area contributed by atoms with Gasteiger partial charge in [-0.15, -0.1) is 10.2 Å². The van der Waals surface area contributed by atoms with Crippen LogP contribution in [0.4, 0.5) is 5.69 Å². The fraction of sp³-hybridized carbons (Fsp3) is 0.444. The van der Waals surface area contributed by atoms with Gasteiger partial charge in [0.2, 0.25) is 10.0 Å². The van der Waals surface area contributed by atoms with Gasteiger partial charge in [0.1, 0.15) is 0 Å². The third kappa shape index (κ3) is 5.81. The van der Waals surface area contributed by atoms with Gasteiger partial charge in [0.25, 0.3) is 11.8 Å². The maximum absolute atomic E-state index is 12.2. The minimum absolute atomic E-state index is 0.161. The second-order valence-electron chi connectivity index (χ2n) is 6.30. The minimum Gasteiger partial charge on any atom is -0.379 e. The number of nitrogens with zero attached hydrogens (tertiary/aromatic N) is 3. The molecular weight excluding hydrogens is 366 g/mol. The monoisotopic (exact) mass is 389 g/mol. The Bertz CT molecular complexity index is 772. The summed E-state index contributed by atoms with van der Waals surface area (Å²) in [4.78, 5) is 26.7. The zero-order valence-electron chi connectivity index (χ0n) is 15.2. The van der Waals surface area contributed by atoms with E-state index >= 15 is 0 Å². The molecule has 0 radical (unpaired) electrons. The molecule has 2 heterocycles. The van der Waals surface area contributed by atoms with Crippen molar-refractivity contribution in [2.24, 2.45) is 0 Å². The number of carbonyl (C=O) groups is 2. The molecule has 1 aliphatic heterocycles. The number of carbonyl (C=O) groups excluding carboxylic acids is 2. The lowest BCUT2D eigenvalue weighted by Gasteiger charge is -2.26. The van der Waals surface area contributed by atoms with Crippen molar-refractivity contribution in [2.75, 3.05) is 44.7 Å². The van der Waals surface area contributed by atoms with E-state index in [1.54, 1.807) is 0 Å². The summed E-state index contributed by atoms with van der Waals surface area (Å²) < 4.78 is 5.31. The number of nitrogens with one attached hydrogen (secondary N) is 2. The second kappa shape index (κ2) is 9.54. The molecule has 9 heteroatoms. The highest BCUT2D eigenvalue weighted by atomic mass is 32.1. The standard InChI is InChI=1S/C18H23N5O3S/c1-13-3-5-14(6-4-13)20-16(25)18-22-21-17(27-18)15(24)19-7-2-8-23-9-11-26-12-10-23/h3-6H,2,7-12H2,1H3,(H,19,24)(H,20,25). The molecule has 2 aromatic rings. The van der Waals surface area contributed by atoms with E-state index in [9.17, 15) is 9.59 Å². The molecule has 1 aromatic heterocycles. The molecule has 0 unspecified atom stereocenters. The summed E-state index contributed by atoms with van der Waals surface area (Å²) in [6, 6.07) is 7.45. The van der Waals surface area contributed by atoms with Crippen molar-refractivity contribution in [1.82, 2.24) is 20.4 Å². The van der Waals surface area contributed by atoms with Crippen molar-refractivity contribution in [2.45, 2.75) is 13.3 Å². The number of rotatable bonds is 7. The number of aryl methyl sites for hydroxylation is 1. The van der Waals surface area contributed by atoms with Gasteiger partial charge in [0.15, 0.2) is 0 Å². The fourth-order valence-electron chi connectivity index (χ4n) is 2.63. The average Bonchev–Trinajstić information content (AvgIpc) is 3.18. The van der Waals surface area contributed by atoms with Crippen LogP contribution in [-0.4, -0.2) is 66.3 Å². The van der Waals surface area contributed by atoms with Crippen LogP contribution in [0, 0.1) is 6.92 Å². The average molecular weight is 389 g/mol. The van der Waals surface area contributed by atoms with Crippen LogP contribution < -0.4 is 10.6 Å². The largest absolute Gasteiger partial charge is 0.379 e. The van der Waals surface area contributed by atoms with Crippen molar-refractivity contribution in [1.29, 1.82) is 0 Å². The molecule has 2 N–H and O–H groups in total. The van der Waals surface area contributed by atoms with Gasteiger partial charge in [0, 0.05) is 25.3 Å². The van der Waals surface area contributed by atoms with Crippen LogP contribution in [0.3, 0.4) is 0 Å². The number of benzene rings is 1. The topological polar surface area (TPSA) is 96.5 Å². The molecule has 2 amide bonds. The Morgan fingerprint density at radius 3 is 2.48 bits per heavy atom. The van der Waals surface area contributed by atoms with E-state index in [2.05, 4.69) is 25.7 Å². The molecule has 0 aliphatic carbocycles. The summed E-state index contributed by atoms with van der Waals surface area (Å²) in [6.45, 7) is 6.86. The molecule has 8 nitrogen and oxygen atoms in total. The number of aromatic nitrogens is 2. The summed E-state index contributed by atoms with van der Waals surface area (Å²) in [5.41, 5.74) is 1.78. The van der Waals surface area contributed by atoms with E-state index in [1.165, 1.54) is 0 Å². The highest BCUT2D eigenvalue weighted by Gasteiger charge is 2.17. The summed E-state index contributed by atoms with van der Waals surface area (Å²) in [5, 5.41) is 13.6. The highest BCUT2D eigenvalue weighted by molar-refractivity contribution is 7.15. The molecule has 0 bridgehead atoms. The number of amides is 2. The Hall–Kier alpha value is -2.36. The van der Waals surface area contributed by atoms with Gasteiger partial charge < -0.3 is 15.4 Å². The van der Waals surface area contributed by atoms with Crippen molar-refractivity contribution in [3.8, 4) is 0 Å². The summed E-state index contributed by atoms with van der Waals surface area (Å²) in [6.07, 6.45) is 0.852. The predicted molar refractivity (Wildman–Crippen MR) is 103 cm³/mol. The van der Waals surface area contributed by atoms with E-state index < -0.39 is 0 Å². The van der Waals surface area contributed by atoms with Crippen molar-refractivity contribution >= 4 is 28.8 Å². The zero-order valence-corrected chi connectivity index (χ0v) is 16.1. The van der Waals surface area contributed by atoms with Gasteiger partial charge in [-0.3, -0.25) is 14.5 Å². The van der Waals surface area contributed by atoms with E-state index in [0.29, 0.717) is 12.2 Å². The third-order valence-electron chi connectivity index (χ3n) is 4.16. The molecule has 1 aromatic carbocycles. The highest BCUT2D eigenvalue weighted by Crippen LogP contribution is 2.14. The fourth-order valence-corrected chi connectivity index (χ4v) is 3.29. The first-order valence-electron chi connectivity index (χ1n) is 8.91. The number of hydrogen-bond donors (Lipinski definition) is 2. The van der Waals surface area contributed by atoms with Gasteiger partial charge in [0.05, 0.1) is 13.2 Å². The van der Waals surface area contributed by atoms with E-state index in [0.717, 1.165) is 56.2 Å². The Balaban J connectivity index is 1.43. The molecule has 27 heavy (non-hydrogen) atoms. The predicted octanol–water partition coefficient (Wildman–Crippen LogP) is 1.55. The Morgan fingerprint density at radius 2 is 1.78 bits per heavy atom. The molecule has 0 saturated carbocycles. The van der Waals surface area contributed by atoms with Crippen LogP contribution in [0.2, 0.25) is 0 Å². The molecule has 0 atom stereocenters. The van der Waals surface area contributed by atoms with E-state index in [4.69, 9.17) is 4.74 Å². The lowest BCUT2D eigenvalue weighted by atomic mass is 10.2. The number of ether oxygens (including phenoxy) is 1. The van der Waals surface area contributed by atoms with Crippen LogP contribution in [0.15, 0.2) is 24.3 Å². The van der Waals surface area contributed by atoms with Crippen LogP contribution in [0.1, 0.15) is 31.6 Å². The Morgan fingerprint density at radius 1 is 1.11 bits per heavy atom. The van der Waals surface area contributed by atoms with E-state index in [1.807, 2.05) is 31.2 Å². The van der Waals surface area contributed by atoms with Crippen molar-refractivity contribution < 1.29 is 14.3 Å². The third-order valence-corrected chi connectivity index (χ3v) is 5.08. The molecular formula is C18H23N5O3S. The van der Waals surface area contributed by atoms with Crippen LogP contribution >= 0.6 is 11.3 Å². The number of hydrogen-bond acceptors (Lipinski definition) is 7. The Kier molecular flexibility index (Phi) is 6.86. The van der Waals surface area contributed by atoms with Gasteiger partial charge >= 0.3 is 0 Å². The minimum atomic E-state index is -0.372. The first-order chi connectivity index (χ1) is 13.1. The first kappa shape index (κ1) is 19.4. The van der Waals surface area contributed by atoms with Crippen molar-refractivity contribution in [3.05, 3.63) is 39.8 Å². The van der Waals surface area contributed by atoms with Crippen LogP contribution in [0.25, 0.3) is 0 Å². The molecule has 1 aliphatic rings. The molecule has 144 valence electrons. The summed E-state index contributed by atoms with van der Waals surface area (Å²) >= 11 is 0.984. The maximum Gasteiger partial charge on any atom is 0.286 e. The number of anilines is 1. The van der Waals surface area contributed by atoms with E-state index in [-0.39, 0.29) is 21.8 Å². The van der Waals surface area contributed by atoms with Crippen LogP contribution in [-0.2, 0) is 4.74 Å². The van der Waals surface area contributed by atoms with Crippen molar-refractivity contribution in [3.63, 3.8) is 0 Å². The molecule has 0 spiro atoms. The van der Waals surface area contributed by atoms with Gasteiger partial charge in [-0.25, -0.2) is 0 Å². The first-order valence-corrected chi connectivity index (χ1v) is 9.73. The SMILES string of the molecule is Cc1ccc(NC(=O)c2nnc(C(=O)NCCCN3CCOCC3)s2)cc1. The Labute approximate surface area is 161 Å². The summed E-state index contributed by atoms with van der Waals surface area (Å²) in [5.74, 6) is -0.674. The van der Waals surface area contributed by atoms with Gasteiger partial charge in [-0.05, 0) is 32.0 Å². The number of morpholine rings is 1. The smallest absolute Gasteiger partial charge is 0.286 e. The normalized spacial score (nSPS) is 14.7. The molecule has 1 saturated heterocycles.